The first-order valence-corrected chi connectivity index (χ1v) is 7.42. The second-order valence-electron chi connectivity index (χ2n) is 5.96. The minimum atomic E-state index is -0.715. The number of carbonyl (C=O) groups is 2. The largest absolute Gasteiger partial charge is 0.481 e. The predicted octanol–water partition coefficient (Wildman–Crippen LogP) is 1.31. The van der Waals surface area contributed by atoms with Crippen molar-refractivity contribution in [3.05, 3.63) is 0 Å². The lowest BCUT2D eigenvalue weighted by atomic mass is 9.86. The molecule has 6 heteroatoms. The van der Waals surface area contributed by atoms with Crippen LogP contribution in [0.1, 0.15) is 32.6 Å². The third-order valence-electron chi connectivity index (χ3n) is 4.13. The Bertz CT molecular complexity index is 353. The van der Waals surface area contributed by atoms with Crippen LogP contribution in [0.4, 0.5) is 4.79 Å². The fraction of sp³-hybridized carbons (Fsp3) is 0.857. The second-order valence-corrected chi connectivity index (χ2v) is 5.96. The Labute approximate surface area is 119 Å². The fourth-order valence-corrected chi connectivity index (χ4v) is 2.91. The van der Waals surface area contributed by atoms with E-state index >= 15 is 0 Å². The first-order chi connectivity index (χ1) is 9.56. The van der Waals surface area contributed by atoms with E-state index in [-0.39, 0.29) is 18.0 Å². The normalized spacial score (nSPS) is 31.4. The van der Waals surface area contributed by atoms with Gasteiger partial charge in [-0.05, 0) is 31.6 Å². The maximum atomic E-state index is 12.2. The van der Waals surface area contributed by atoms with Crippen molar-refractivity contribution in [1.82, 2.24) is 10.2 Å². The highest BCUT2D eigenvalue weighted by Crippen LogP contribution is 2.24. The molecule has 1 saturated heterocycles. The summed E-state index contributed by atoms with van der Waals surface area (Å²) >= 11 is 0. The van der Waals surface area contributed by atoms with E-state index in [9.17, 15) is 9.59 Å². The average molecular weight is 284 g/mol. The van der Waals surface area contributed by atoms with Crippen molar-refractivity contribution in [3.63, 3.8) is 0 Å². The number of nitrogens with one attached hydrogen (secondary N) is 1. The zero-order chi connectivity index (χ0) is 14.5. The molecule has 0 aromatic carbocycles. The van der Waals surface area contributed by atoms with Crippen LogP contribution >= 0.6 is 0 Å². The second kappa shape index (κ2) is 6.92. The van der Waals surface area contributed by atoms with Crippen LogP contribution in [0.25, 0.3) is 0 Å². The van der Waals surface area contributed by atoms with Gasteiger partial charge in [0.25, 0.3) is 0 Å². The lowest BCUT2D eigenvalue weighted by Crippen LogP contribution is -2.47. The van der Waals surface area contributed by atoms with Gasteiger partial charge in [0.1, 0.15) is 0 Å². The molecule has 1 heterocycles. The summed E-state index contributed by atoms with van der Waals surface area (Å²) in [7, 11) is 0. The quantitative estimate of drug-likeness (QED) is 0.801. The number of carbonyl (C=O) groups excluding carboxylic acids is 1. The standard InChI is InChI=1S/C14H24N2O4/c1-10-8-16(6-7-20-9-10)14(19)15-12-4-2-11(3-5-12)13(17)18/h10-12H,2-9H2,1H3,(H,15,19)(H,17,18). The van der Waals surface area contributed by atoms with Crippen molar-refractivity contribution in [2.45, 2.75) is 38.6 Å². The number of rotatable bonds is 2. The summed E-state index contributed by atoms with van der Waals surface area (Å²) in [6.07, 6.45) is 2.81. The van der Waals surface area contributed by atoms with Crippen molar-refractivity contribution in [2.24, 2.45) is 11.8 Å². The smallest absolute Gasteiger partial charge is 0.317 e. The number of hydrogen-bond acceptors (Lipinski definition) is 3. The summed E-state index contributed by atoms with van der Waals surface area (Å²) in [6.45, 7) is 4.71. The van der Waals surface area contributed by atoms with E-state index < -0.39 is 5.97 Å². The molecule has 1 aliphatic carbocycles. The highest BCUT2D eigenvalue weighted by atomic mass is 16.5. The topological polar surface area (TPSA) is 78.9 Å². The molecule has 2 N–H and O–H groups in total. The molecule has 0 aromatic heterocycles. The van der Waals surface area contributed by atoms with E-state index in [0.29, 0.717) is 38.5 Å². The van der Waals surface area contributed by atoms with Gasteiger partial charge in [-0.15, -0.1) is 0 Å². The van der Waals surface area contributed by atoms with E-state index in [1.807, 2.05) is 0 Å². The van der Waals surface area contributed by atoms with E-state index in [1.165, 1.54) is 0 Å². The van der Waals surface area contributed by atoms with Gasteiger partial charge in [0, 0.05) is 19.1 Å². The lowest BCUT2D eigenvalue weighted by Gasteiger charge is -2.30. The molecule has 2 aliphatic rings. The summed E-state index contributed by atoms with van der Waals surface area (Å²) in [5.74, 6) is -0.603. The number of carboxylic acid groups (broad SMARTS) is 1. The van der Waals surface area contributed by atoms with Crippen LogP contribution in [0.5, 0.6) is 0 Å². The van der Waals surface area contributed by atoms with E-state index in [4.69, 9.17) is 9.84 Å². The Hall–Kier alpha value is -1.30. The molecule has 0 spiro atoms. The zero-order valence-electron chi connectivity index (χ0n) is 12.0. The molecule has 2 rings (SSSR count). The molecule has 1 saturated carbocycles. The molecule has 1 atom stereocenters. The van der Waals surface area contributed by atoms with Crippen molar-refractivity contribution in [1.29, 1.82) is 0 Å². The maximum absolute atomic E-state index is 12.2. The summed E-state index contributed by atoms with van der Waals surface area (Å²) in [5.41, 5.74) is 0. The van der Waals surface area contributed by atoms with Gasteiger partial charge in [0.15, 0.2) is 0 Å². The maximum Gasteiger partial charge on any atom is 0.317 e. The molecule has 0 aromatic rings. The molecule has 0 bridgehead atoms. The van der Waals surface area contributed by atoms with Gasteiger partial charge in [-0.25, -0.2) is 4.79 Å². The number of hydrogen-bond donors (Lipinski definition) is 2. The first kappa shape index (κ1) is 15.1. The molecular weight excluding hydrogens is 260 g/mol. The highest BCUT2D eigenvalue weighted by molar-refractivity contribution is 5.74. The van der Waals surface area contributed by atoms with E-state index in [2.05, 4.69) is 12.2 Å². The van der Waals surface area contributed by atoms with Gasteiger partial charge in [-0.1, -0.05) is 6.92 Å². The molecule has 6 nitrogen and oxygen atoms in total. The Morgan fingerprint density at radius 2 is 1.95 bits per heavy atom. The number of nitrogens with zero attached hydrogens (tertiary/aromatic N) is 1. The third-order valence-corrected chi connectivity index (χ3v) is 4.13. The van der Waals surface area contributed by atoms with Crippen LogP contribution in [-0.2, 0) is 9.53 Å². The molecule has 1 unspecified atom stereocenters. The fourth-order valence-electron chi connectivity index (χ4n) is 2.91. The van der Waals surface area contributed by atoms with Gasteiger partial charge in [-0.3, -0.25) is 4.79 Å². The lowest BCUT2D eigenvalue weighted by molar-refractivity contribution is -0.142. The summed E-state index contributed by atoms with van der Waals surface area (Å²) < 4.78 is 5.43. The number of amides is 2. The predicted molar refractivity (Wildman–Crippen MR) is 73.5 cm³/mol. The highest BCUT2D eigenvalue weighted by Gasteiger charge is 2.28. The number of ether oxygens (including phenoxy) is 1. The van der Waals surface area contributed by atoms with Crippen molar-refractivity contribution in [2.75, 3.05) is 26.3 Å². The van der Waals surface area contributed by atoms with E-state index in [0.717, 1.165) is 19.4 Å². The Morgan fingerprint density at radius 3 is 2.60 bits per heavy atom. The van der Waals surface area contributed by atoms with Gasteiger partial charge in [-0.2, -0.15) is 0 Å². The van der Waals surface area contributed by atoms with Crippen LogP contribution in [0.3, 0.4) is 0 Å². The van der Waals surface area contributed by atoms with Crippen LogP contribution in [0, 0.1) is 11.8 Å². The van der Waals surface area contributed by atoms with Gasteiger partial charge >= 0.3 is 12.0 Å². The SMILES string of the molecule is CC1COCCN(C(=O)NC2CCC(C(=O)O)CC2)C1. The van der Waals surface area contributed by atoms with Crippen molar-refractivity contribution >= 4 is 12.0 Å². The monoisotopic (exact) mass is 284 g/mol. The van der Waals surface area contributed by atoms with Crippen LogP contribution in [0.15, 0.2) is 0 Å². The number of aliphatic carboxylic acids is 1. The molecule has 114 valence electrons. The Morgan fingerprint density at radius 1 is 1.25 bits per heavy atom. The summed E-state index contributed by atoms with van der Waals surface area (Å²) in [5, 5.41) is 12.0. The summed E-state index contributed by atoms with van der Waals surface area (Å²) in [6, 6.07) is 0.0682. The van der Waals surface area contributed by atoms with Crippen LogP contribution in [-0.4, -0.2) is 54.4 Å². The number of carboxylic acids is 1. The van der Waals surface area contributed by atoms with Gasteiger partial charge < -0.3 is 20.1 Å². The third kappa shape index (κ3) is 4.10. The molecular formula is C14H24N2O4. The molecule has 20 heavy (non-hydrogen) atoms. The van der Waals surface area contributed by atoms with E-state index in [1.54, 1.807) is 4.90 Å². The molecule has 0 radical (unpaired) electrons. The zero-order valence-corrected chi connectivity index (χ0v) is 12.0. The minimum Gasteiger partial charge on any atom is -0.481 e. The first-order valence-electron chi connectivity index (χ1n) is 7.42. The molecule has 2 fully saturated rings. The Kier molecular flexibility index (Phi) is 5.23. The van der Waals surface area contributed by atoms with Crippen LogP contribution in [0.2, 0.25) is 0 Å². The minimum absolute atomic E-state index is 0.0406. The van der Waals surface area contributed by atoms with Crippen LogP contribution < -0.4 is 5.32 Å². The van der Waals surface area contributed by atoms with Gasteiger partial charge in [0.2, 0.25) is 0 Å². The van der Waals surface area contributed by atoms with Crippen molar-refractivity contribution in [3.8, 4) is 0 Å². The van der Waals surface area contributed by atoms with Crippen molar-refractivity contribution < 1.29 is 19.4 Å². The molecule has 2 amide bonds. The Balaban J connectivity index is 1.78. The molecule has 1 aliphatic heterocycles. The number of urea groups is 1. The summed E-state index contributed by atoms with van der Waals surface area (Å²) in [4.78, 5) is 24.9. The average Bonchev–Trinajstić information content (AvgIpc) is 2.64. The van der Waals surface area contributed by atoms with Gasteiger partial charge in [0.05, 0.1) is 19.1 Å².